The fraction of sp³-hybridized carbons (Fsp3) is 0.222. The van der Waals surface area contributed by atoms with Gasteiger partial charge in [0.25, 0.3) is 11.6 Å². The number of amides is 1. The molecule has 0 bridgehead atoms. The Bertz CT molecular complexity index is 1030. The van der Waals surface area contributed by atoms with Crippen molar-refractivity contribution in [1.82, 2.24) is 9.88 Å². The normalized spacial score (nSPS) is 14.3. The summed E-state index contributed by atoms with van der Waals surface area (Å²) in [6.45, 7) is 2.05. The van der Waals surface area contributed by atoms with Crippen LogP contribution in [0.15, 0.2) is 41.8 Å². The lowest BCUT2D eigenvalue weighted by atomic mass is 10.2. The summed E-state index contributed by atoms with van der Waals surface area (Å²) in [7, 11) is 0. The Labute approximate surface area is 174 Å². The van der Waals surface area contributed by atoms with E-state index in [2.05, 4.69) is 4.98 Å². The Hall–Kier alpha value is -2.49. The maximum absolute atomic E-state index is 12.8. The van der Waals surface area contributed by atoms with Gasteiger partial charge in [-0.05, 0) is 18.2 Å². The Morgan fingerprint density at radius 1 is 1.14 bits per heavy atom. The van der Waals surface area contributed by atoms with Gasteiger partial charge in [-0.2, -0.15) is 0 Å². The molecule has 0 radical (unpaired) electrons. The van der Waals surface area contributed by atoms with Crippen molar-refractivity contribution in [3.8, 4) is 9.88 Å². The van der Waals surface area contributed by atoms with Gasteiger partial charge in [0.2, 0.25) is 0 Å². The van der Waals surface area contributed by atoms with Crippen LogP contribution in [0.5, 0.6) is 0 Å². The van der Waals surface area contributed by atoms with E-state index in [1.807, 2.05) is 17.0 Å². The second kappa shape index (κ2) is 7.86. The quantitative estimate of drug-likeness (QED) is 0.449. The van der Waals surface area contributed by atoms with Crippen LogP contribution in [0, 0.1) is 10.1 Å². The molecule has 0 unspecified atom stereocenters. The molecule has 1 amide bonds. The first-order valence-corrected chi connectivity index (χ1v) is 10.6. The number of nitro benzene ring substituents is 1. The number of halogens is 1. The molecule has 1 aromatic carbocycles. The van der Waals surface area contributed by atoms with Crippen LogP contribution in [-0.2, 0) is 0 Å². The largest absolute Gasteiger partial charge is 0.362 e. The van der Waals surface area contributed by atoms with Crippen molar-refractivity contribution in [2.45, 2.75) is 0 Å². The zero-order valence-electron chi connectivity index (χ0n) is 14.6. The number of nitrogens with zero attached hydrogens (tertiary/aromatic N) is 4. The zero-order chi connectivity index (χ0) is 19.7. The first-order chi connectivity index (χ1) is 13.5. The summed E-state index contributed by atoms with van der Waals surface area (Å²) >= 11 is 8.82. The second-order valence-corrected chi connectivity index (χ2v) is 8.74. The first kappa shape index (κ1) is 18.9. The number of carbonyl (C=O) groups excluding carboxylic acids is 1. The molecule has 2 aromatic heterocycles. The van der Waals surface area contributed by atoms with Gasteiger partial charge in [-0.15, -0.1) is 22.7 Å². The van der Waals surface area contributed by atoms with Crippen LogP contribution in [-0.4, -0.2) is 46.9 Å². The van der Waals surface area contributed by atoms with Gasteiger partial charge in [0.15, 0.2) is 0 Å². The molecule has 0 saturated carbocycles. The third-order valence-electron chi connectivity index (χ3n) is 4.49. The van der Waals surface area contributed by atoms with Crippen molar-refractivity contribution < 1.29 is 9.72 Å². The molecule has 3 heterocycles. The molecule has 4 rings (SSSR count). The summed E-state index contributed by atoms with van der Waals surface area (Å²) < 4.78 is 0.684. The predicted octanol–water partition coefficient (Wildman–Crippen LogP) is 4.40. The van der Waals surface area contributed by atoms with Gasteiger partial charge >= 0.3 is 0 Å². The number of aromatic nitrogens is 1. The van der Waals surface area contributed by atoms with Gasteiger partial charge in [0.05, 0.1) is 14.1 Å². The lowest BCUT2D eigenvalue weighted by Gasteiger charge is -2.35. The highest BCUT2D eigenvalue weighted by Crippen LogP contribution is 2.33. The molecule has 0 atom stereocenters. The van der Waals surface area contributed by atoms with Crippen LogP contribution in [0.1, 0.15) is 10.5 Å². The van der Waals surface area contributed by atoms with Crippen LogP contribution in [0.4, 0.5) is 11.4 Å². The van der Waals surface area contributed by atoms with Crippen molar-refractivity contribution in [2.24, 2.45) is 0 Å². The van der Waals surface area contributed by atoms with Crippen molar-refractivity contribution in [1.29, 1.82) is 0 Å². The fourth-order valence-electron chi connectivity index (χ4n) is 3.11. The number of rotatable bonds is 4. The van der Waals surface area contributed by atoms with E-state index in [-0.39, 0.29) is 16.5 Å². The number of carbonyl (C=O) groups is 1. The van der Waals surface area contributed by atoms with E-state index in [0.717, 1.165) is 9.88 Å². The number of piperazine rings is 1. The van der Waals surface area contributed by atoms with Crippen molar-refractivity contribution in [3.05, 3.63) is 61.9 Å². The van der Waals surface area contributed by atoms with Gasteiger partial charge in [-0.3, -0.25) is 14.9 Å². The highest BCUT2D eigenvalue weighted by Gasteiger charge is 2.27. The third-order valence-corrected chi connectivity index (χ3v) is 6.74. The minimum atomic E-state index is -0.375. The summed E-state index contributed by atoms with van der Waals surface area (Å²) in [6, 6.07) is 10.4. The predicted molar refractivity (Wildman–Crippen MR) is 112 cm³/mol. The molecule has 0 aliphatic carbocycles. The van der Waals surface area contributed by atoms with Gasteiger partial charge in [0.1, 0.15) is 16.4 Å². The molecule has 1 aliphatic rings. The minimum Gasteiger partial charge on any atom is -0.362 e. The van der Waals surface area contributed by atoms with Gasteiger partial charge in [0, 0.05) is 37.6 Å². The molecule has 3 aromatic rings. The van der Waals surface area contributed by atoms with E-state index in [1.165, 1.54) is 28.7 Å². The number of thiophene rings is 1. The van der Waals surface area contributed by atoms with Crippen LogP contribution >= 0.6 is 34.3 Å². The van der Waals surface area contributed by atoms with E-state index in [1.54, 1.807) is 28.5 Å². The number of para-hydroxylation sites is 2. The number of thiazole rings is 1. The average molecular weight is 435 g/mol. The van der Waals surface area contributed by atoms with E-state index >= 15 is 0 Å². The maximum Gasteiger partial charge on any atom is 0.292 e. The highest BCUT2D eigenvalue weighted by molar-refractivity contribution is 7.23. The molecule has 1 aliphatic heterocycles. The average Bonchev–Trinajstić information content (AvgIpc) is 3.36. The van der Waals surface area contributed by atoms with Crippen molar-refractivity contribution in [3.63, 3.8) is 0 Å². The molecular formula is C18H15ClN4O3S2. The lowest BCUT2D eigenvalue weighted by molar-refractivity contribution is -0.384. The number of hydrogen-bond acceptors (Lipinski definition) is 7. The van der Waals surface area contributed by atoms with Gasteiger partial charge in [-0.25, -0.2) is 4.98 Å². The standard InChI is InChI=1S/C18H15ClN4O3S2/c19-16-6-5-15(28-16)17-20-12(11-27-17)18(24)22-9-7-21(8-10-22)13-3-1-2-4-14(13)23(25)26/h1-6,11H,7-10H2. The SMILES string of the molecule is O=C(c1csc(-c2ccc(Cl)s2)n1)N1CCN(c2ccccc2[N+](=O)[O-])CC1. The summed E-state index contributed by atoms with van der Waals surface area (Å²) in [5.41, 5.74) is 1.09. The third kappa shape index (κ3) is 3.73. The maximum atomic E-state index is 12.8. The summed E-state index contributed by atoms with van der Waals surface area (Å²) in [5.74, 6) is -0.118. The molecule has 10 heteroatoms. The molecular weight excluding hydrogens is 420 g/mol. The molecule has 7 nitrogen and oxygen atoms in total. The van der Waals surface area contributed by atoms with Gasteiger partial charge in [-0.1, -0.05) is 23.7 Å². The van der Waals surface area contributed by atoms with Gasteiger partial charge < -0.3 is 9.80 Å². The second-order valence-electron chi connectivity index (χ2n) is 6.17. The van der Waals surface area contributed by atoms with E-state index in [4.69, 9.17) is 11.6 Å². The topological polar surface area (TPSA) is 79.6 Å². The number of anilines is 1. The van der Waals surface area contributed by atoms with E-state index < -0.39 is 0 Å². The van der Waals surface area contributed by atoms with E-state index in [9.17, 15) is 14.9 Å². The molecule has 1 fully saturated rings. The number of benzene rings is 1. The Balaban J connectivity index is 1.44. The zero-order valence-corrected chi connectivity index (χ0v) is 17.0. The minimum absolute atomic E-state index is 0.0843. The summed E-state index contributed by atoms with van der Waals surface area (Å²) in [4.78, 5) is 32.7. The summed E-state index contributed by atoms with van der Waals surface area (Å²) in [5, 5.41) is 13.8. The number of hydrogen-bond donors (Lipinski definition) is 0. The number of nitro groups is 1. The Morgan fingerprint density at radius 2 is 1.89 bits per heavy atom. The van der Waals surface area contributed by atoms with Crippen LogP contribution in [0.3, 0.4) is 0 Å². The molecule has 1 saturated heterocycles. The van der Waals surface area contributed by atoms with Crippen LogP contribution in [0.2, 0.25) is 4.34 Å². The lowest BCUT2D eigenvalue weighted by Crippen LogP contribution is -2.49. The van der Waals surface area contributed by atoms with E-state index in [0.29, 0.717) is 41.9 Å². The van der Waals surface area contributed by atoms with Crippen LogP contribution in [0.25, 0.3) is 9.88 Å². The molecule has 144 valence electrons. The monoisotopic (exact) mass is 434 g/mol. The highest BCUT2D eigenvalue weighted by atomic mass is 35.5. The first-order valence-electron chi connectivity index (χ1n) is 8.52. The summed E-state index contributed by atoms with van der Waals surface area (Å²) in [6.07, 6.45) is 0. The molecule has 28 heavy (non-hydrogen) atoms. The Kier molecular flexibility index (Phi) is 5.29. The van der Waals surface area contributed by atoms with Crippen molar-refractivity contribution in [2.75, 3.05) is 31.1 Å². The smallest absolute Gasteiger partial charge is 0.292 e. The van der Waals surface area contributed by atoms with Crippen LogP contribution < -0.4 is 4.90 Å². The van der Waals surface area contributed by atoms with Crippen molar-refractivity contribution >= 4 is 51.6 Å². The fourth-order valence-corrected chi connectivity index (χ4v) is 5.02. The molecule has 0 N–H and O–H groups in total. The molecule has 0 spiro atoms. The Morgan fingerprint density at radius 3 is 2.57 bits per heavy atom.